The monoisotopic (exact) mass is 448 g/mol. The zero-order chi connectivity index (χ0) is 21.8. The van der Waals surface area contributed by atoms with E-state index in [0.29, 0.717) is 6.54 Å². The summed E-state index contributed by atoms with van der Waals surface area (Å²) in [6.45, 7) is 3.99. The molecule has 1 aromatic carbocycles. The lowest BCUT2D eigenvalue weighted by Crippen LogP contribution is -2.35. The molecule has 0 aliphatic carbocycles. The zero-order valence-electron chi connectivity index (χ0n) is 17.6. The van der Waals surface area contributed by atoms with Crippen LogP contribution in [0.2, 0.25) is 0 Å². The molecule has 2 aromatic heterocycles. The Balaban J connectivity index is 1.54. The first-order valence-corrected chi connectivity index (χ1v) is 11.3. The fourth-order valence-corrected chi connectivity index (χ4v) is 4.62. The normalized spacial score (nSPS) is 16.1. The summed E-state index contributed by atoms with van der Waals surface area (Å²) in [7, 11) is 0. The fraction of sp³-hybridized carbons (Fsp3) is 0.455. The van der Waals surface area contributed by atoms with E-state index in [4.69, 9.17) is 4.42 Å². The number of thioether (sulfide) groups is 1. The summed E-state index contributed by atoms with van der Waals surface area (Å²) in [5, 5.41) is 9.84. The van der Waals surface area contributed by atoms with Gasteiger partial charge in [-0.2, -0.15) is 8.78 Å². The minimum absolute atomic E-state index is 0.0504. The van der Waals surface area contributed by atoms with E-state index in [9.17, 15) is 8.78 Å². The fourth-order valence-electron chi connectivity index (χ4n) is 3.65. The molecule has 9 heteroatoms. The number of ether oxygens (including phenoxy) is 1. The lowest BCUT2D eigenvalue weighted by Gasteiger charge is -2.31. The van der Waals surface area contributed by atoms with Gasteiger partial charge in [-0.1, -0.05) is 30.8 Å². The molecule has 0 spiro atoms. The molecular weight excluding hydrogens is 422 g/mol. The third-order valence-corrected chi connectivity index (χ3v) is 6.65. The van der Waals surface area contributed by atoms with Crippen LogP contribution in [0, 0.1) is 5.92 Å². The summed E-state index contributed by atoms with van der Waals surface area (Å²) in [5.41, 5.74) is 0.993. The molecule has 166 valence electrons. The Morgan fingerprint density at radius 2 is 1.90 bits per heavy atom. The van der Waals surface area contributed by atoms with Gasteiger partial charge in [-0.05, 0) is 55.5 Å². The number of anilines is 1. The first-order chi connectivity index (χ1) is 15.0. The number of halogens is 2. The van der Waals surface area contributed by atoms with Crippen LogP contribution in [0.5, 0.6) is 5.75 Å². The van der Waals surface area contributed by atoms with Crippen molar-refractivity contribution in [2.45, 2.75) is 50.3 Å². The van der Waals surface area contributed by atoms with Crippen molar-refractivity contribution >= 4 is 17.7 Å². The maximum atomic E-state index is 12.4. The van der Waals surface area contributed by atoms with Gasteiger partial charge in [-0.3, -0.25) is 4.57 Å². The van der Waals surface area contributed by atoms with E-state index in [-0.39, 0.29) is 11.0 Å². The van der Waals surface area contributed by atoms with Crippen molar-refractivity contribution in [3.05, 3.63) is 54.0 Å². The molecule has 0 N–H and O–H groups in total. The zero-order valence-corrected chi connectivity index (χ0v) is 18.4. The number of piperidine rings is 1. The minimum Gasteiger partial charge on any atom is -0.467 e. The van der Waals surface area contributed by atoms with E-state index in [1.54, 1.807) is 42.3 Å². The van der Waals surface area contributed by atoms with Gasteiger partial charge in [0.15, 0.2) is 5.16 Å². The van der Waals surface area contributed by atoms with Gasteiger partial charge in [0.05, 0.1) is 12.8 Å². The van der Waals surface area contributed by atoms with Gasteiger partial charge in [0.25, 0.3) is 0 Å². The van der Waals surface area contributed by atoms with Gasteiger partial charge in [-0.15, -0.1) is 10.2 Å². The van der Waals surface area contributed by atoms with Gasteiger partial charge in [0.2, 0.25) is 5.95 Å². The van der Waals surface area contributed by atoms with E-state index in [2.05, 4.69) is 38.2 Å². The third-order valence-electron chi connectivity index (χ3n) is 5.51. The molecule has 0 bridgehead atoms. The first-order valence-electron chi connectivity index (χ1n) is 10.4. The molecule has 6 nitrogen and oxygen atoms in total. The van der Waals surface area contributed by atoms with Gasteiger partial charge >= 0.3 is 6.61 Å². The number of rotatable bonds is 8. The summed E-state index contributed by atoms with van der Waals surface area (Å²) < 4.78 is 36.9. The number of hydrogen-bond donors (Lipinski definition) is 0. The average molecular weight is 449 g/mol. The Kier molecular flexibility index (Phi) is 6.80. The van der Waals surface area contributed by atoms with Crippen LogP contribution in [0.25, 0.3) is 0 Å². The van der Waals surface area contributed by atoms with E-state index < -0.39 is 6.61 Å². The topological polar surface area (TPSA) is 56.3 Å². The second kappa shape index (κ2) is 9.72. The second-order valence-corrected chi connectivity index (χ2v) is 9.13. The summed E-state index contributed by atoms with van der Waals surface area (Å²) in [4.78, 5) is 2.29. The molecule has 31 heavy (non-hydrogen) atoms. The standard InChI is InChI=1S/C22H26F2N4O2S/c1-15-9-11-27(12-10-15)21-25-26-22(28(21)14-19-4-3-13-29-19)31-16(2)17-5-7-18(8-6-17)30-20(23)24/h3-8,13,15-16,20H,9-12,14H2,1-2H3. The molecule has 1 aliphatic heterocycles. The second-order valence-electron chi connectivity index (χ2n) is 7.83. The summed E-state index contributed by atoms with van der Waals surface area (Å²) >= 11 is 1.58. The molecule has 1 unspecified atom stereocenters. The van der Waals surface area contributed by atoms with Crippen molar-refractivity contribution in [1.82, 2.24) is 14.8 Å². The van der Waals surface area contributed by atoms with Crippen molar-refractivity contribution in [2.75, 3.05) is 18.0 Å². The van der Waals surface area contributed by atoms with Crippen molar-refractivity contribution in [3.63, 3.8) is 0 Å². The number of nitrogens with zero attached hydrogens (tertiary/aromatic N) is 4. The third kappa shape index (κ3) is 5.39. The Morgan fingerprint density at radius 3 is 2.55 bits per heavy atom. The Labute approximate surface area is 184 Å². The molecule has 1 aliphatic rings. The van der Waals surface area contributed by atoms with Gasteiger partial charge in [-0.25, -0.2) is 0 Å². The summed E-state index contributed by atoms with van der Waals surface area (Å²) in [5.74, 6) is 2.58. The van der Waals surface area contributed by atoms with Crippen molar-refractivity contribution in [2.24, 2.45) is 5.92 Å². The van der Waals surface area contributed by atoms with Crippen molar-refractivity contribution < 1.29 is 17.9 Å². The first kappa shape index (κ1) is 21.7. The lowest BCUT2D eigenvalue weighted by molar-refractivity contribution is -0.0498. The molecule has 1 saturated heterocycles. The van der Waals surface area contributed by atoms with E-state index in [1.165, 1.54) is 0 Å². The quantitative estimate of drug-likeness (QED) is 0.418. The molecule has 4 rings (SSSR count). The Bertz CT molecular complexity index is 955. The maximum absolute atomic E-state index is 12.4. The molecule has 0 saturated carbocycles. The number of aromatic nitrogens is 3. The summed E-state index contributed by atoms with van der Waals surface area (Å²) in [6, 6.07) is 10.5. The van der Waals surface area contributed by atoms with Gasteiger partial charge in [0.1, 0.15) is 11.5 Å². The van der Waals surface area contributed by atoms with Crippen LogP contribution >= 0.6 is 11.8 Å². The van der Waals surface area contributed by atoms with Crippen molar-refractivity contribution in [3.8, 4) is 5.75 Å². The molecule has 1 fully saturated rings. The minimum atomic E-state index is -2.83. The molecular formula is C22H26F2N4O2S. The van der Waals surface area contributed by atoms with Crippen LogP contribution in [-0.4, -0.2) is 34.5 Å². The van der Waals surface area contributed by atoms with Crippen LogP contribution in [0.15, 0.2) is 52.2 Å². The molecule has 0 amide bonds. The van der Waals surface area contributed by atoms with Crippen LogP contribution in [0.1, 0.15) is 43.3 Å². The van der Waals surface area contributed by atoms with E-state index in [0.717, 1.165) is 54.3 Å². The number of furan rings is 1. The number of alkyl halides is 2. The smallest absolute Gasteiger partial charge is 0.387 e. The molecule has 3 aromatic rings. The Morgan fingerprint density at radius 1 is 1.16 bits per heavy atom. The summed E-state index contributed by atoms with van der Waals surface area (Å²) in [6.07, 6.45) is 3.94. The highest BCUT2D eigenvalue weighted by atomic mass is 32.2. The van der Waals surface area contributed by atoms with Gasteiger partial charge < -0.3 is 14.1 Å². The van der Waals surface area contributed by atoms with E-state index in [1.807, 2.05) is 12.1 Å². The average Bonchev–Trinajstić information content (AvgIpc) is 3.40. The Hall–Kier alpha value is -2.55. The molecule has 3 heterocycles. The molecule has 0 radical (unpaired) electrons. The van der Waals surface area contributed by atoms with E-state index >= 15 is 0 Å². The van der Waals surface area contributed by atoms with Crippen molar-refractivity contribution in [1.29, 1.82) is 0 Å². The highest BCUT2D eigenvalue weighted by Gasteiger charge is 2.24. The number of hydrogen-bond acceptors (Lipinski definition) is 6. The maximum Gasteiger partial charge on any atom is 0.387 e. The predicted octanol–water partition coefficient (Wildman–Crippen LogP) is 5.61. The number of benzene rings is 1. The van der Waals surface area contributed by atoms with Gasteiger partial charge in [0, 0.05) is 18.3 Å². The largest absolute Gasteiger partial charge is 0.467 e. The lowest BCUT2D eigenvalue weighted by atomic mass is 10.00. The molecule has 1 atom stereocenters. The van der Waals surface area contributed by atoms with Crippen LogP contribution < -0.4 is 9.64 Å². The highest BCUT2D eigenvalue weighted by Crippen LogP contribution is 2.36. The predicted molar refractivity (Wildman–Crippen MR) is 116 cm³/mol. The SMILES string of the molecule is CC1CCN(c2nnc(SC(C)c3ccc(OC(F)F)cc3)n2Cc2ccco2)CC1. The highest BCUT2D eigenvalue weighted by molar-refractivity contribution is 7.99. The van der Waals surface area contributed by atoms with Crippen LogP contribution in [0.3, 0.4) is 0 Å². The van der Waals surface area contributed by atoms with Crippen LogP contribution in [0.4, 0.5) is 14.7 Å². The van der Waals surface area contributed by atoms with Crippen LogP contribution in [-0.2, 0) is 6.54 Å².